The first kappa shape index (κ1) is 17.0. The normalized spacial score (nSPS) is 11.3. The van der Waals surface area contributed by atoms with Gasteiger partial charge in [0.05, 0.1) is 0 Å². The Morgan fingerprint density at radius 2 is 0.933 bits per heavy atom. The number of benzene rings is 6. The molecular formula is C30H20. The molecule has 0 unspecified atom stereocenters. The molecule has 6 aromatic carbocycles. The van der Waals surface area contributed by atoms with Gasteiger partial charge in [0.2, 0.25) is 0 Å². The van der Waals surface area contributed by atoms with E-state index in [0.29, 0.717) is 0 Å². The molecule has 0 fully saturated rings. The molecule has 0 atom stereocenters. The van der Waals surface area contributed by atoms with Crippen LogP contribution in [0.4, 0.5) is 0 Å². The predicted molar refractivity (Wildman–Crippen MR) is 130 cm³/mol. The molecule has 0 radical (unpaired) electrons. The Morgan fingerprint density at radius 1 is 0.300 bits per heavy atom. The van der Waals surface area contributed by atoms with Gasteiger partial charge in [0.25, 0.3) is 0 Å². The van der Waals surface area contributed by atoms with Gasteiger partial charge in [-0.2, -0.15) is 0 Å². The van der Waals surface area contributed by atoms with Gasteiger partial charge in [0.1, 0.15) is 0 Å². The second-order valence-electron chi connectivity index (χ2n) is 7.76. The van der Waals surface area contributed by atoms with Crippen LogP contribution in [0.15, 0.2) is 121 Å². The lowest BCUT2D eigenvalue weighted by Gasteiger charge is -2.17. The van der Waals surface area contributed by atoms with Crippen LogP contribution in [0.2, 0.25) is 0 Å². The van der Waals surface area contributed by atoms with E-state index in [-0.39, 0.29) is 0 Å². The molecule has 0 aliphatic rings. The highest BCUT2D eigenvalue weighted by molar-refractivity contribution is 6.16. The first-order chi connectivity index (χ1) is 14.9. The van der Waals surface area contributed by atoms with E-state index in [2.05, 4.69) is 121 Å². The molecule has 6 aromatic rings. The molecule has 6 rings (SSSR count). The maximum atomic E-state index is 2.28. The summed E-state index contributed by atoms with van der Waals surface area (Å²) in [6.45, 7) is 0. The van der Waals surface area contributed by atoms with E-state index in [1.807, 2.05) is 0 Å². The Balaban J connectivity index is 1.77. The highest BCUT2D eigenvalue weighted by atomic mass is 14.2. The summed E-state index contributed by atoms with van der Waals surface area (Å²) in [5.41, 5.74) is 5.11. The van der Waals surface area contributed by atoms with Crippen molar-refractivity contribution >= 4 is 32.3 Å². The topological polar surface area (TPSA) is 0 Å². The summed E-state index contributed by atoms with van der Waals surface area (Å²) in [4.78, 5) is 0. The molecule has 0 aliphatic carbocycles. The van der Waals surface area contributed by atoms with Gasteiger partial charge in [-0.25, -0.2) is 0 Å². The molecule has 0 heteroatoms. The average molecular weight is 380 g/mol. The Bertz CT molecular complexity index is 1520. The van der Waals surface area contributed by atoms with E-state index in [1.165, 1.54) is 54.6 Å². The lowest BCUT2D eigenvalue weighted by atomic mass is 9.87. The van der Waals surface area contributed by atoms with E-state index >= 15 is 0 Å². The first-order valence-electron chi connectivity index (χ1n) is 10.4. The minimum Gasteiger partial charge on any atom is -0.0622 e. The van der Waals surface area contributed by atoms with Gasteiger partial charge >= 0.3 is 0 Å². The Labute approximate surface area is 176 Å². The molecule has 0 amide bonds. The van der Waals surface area contributed by atoms with Crippen LogP contribution in [-0.2, 0) is 0 Å². The molecule has 0 bridgehead atoms. The molecule has 0 saturated carbocycles. The van der Waals surface area contributed by atoms with Crippen molar-refractivity contribution in [2.45, 2.75) is 0 Å². The van der Waals surface area contributed by atoms with Gasteiger partial charge in [-0.1, -0.05) is 121 Å². The van der Waals surface area contributed by atoms with Crippen LogP contribution in [0.1, 0.15) is 0 Å². The third-order valence-electron chi connectivity index (χ3n) is 6.07. The molecule has 0 heterocycles. The van der Waals surface area contributed by atoms with Crippen LogP contribution in [0.25, 0.3) is 54.6 Å². The molecule has 0 aliphatic heterocycles. The summed E-state index contributed by atoms with van der Waals surface area (Å²) in [5, 5.41) is 7.74. The van der Waals surface area contributed by atoms with Crippen LogP contribution < -0.4 is 0 Å². The first-order valence-corrected chi connectivity index (χ1v) is 10.4. The lowest BCUT2D eigenvalue weighted by molar-refractivity contribution is 1.63. The second-order valence-corrected chi connectivity index (χ2v) is 7.76. The molecule has 0 nitrogen and oxygen atoms in total. The Morgan fingerprint density at radius 3 is 1.77 bits per heavy atom. The fraction of sp³-hybridized carbons (Fsp3) is 0. The van der Waals surface area contributed by atoms with Gasteiger partial charge in [-0.05, 0) is 54.6 Å². The van der Waals surface area contributed by atoms with Gasteiger partial charge in [-0.15, -0.1) is 0 Å². The summed E-state index contributed by atoms with van der Waals surface area (Å²) < 4.78 is 0. The van der Waals surface area contributed by atoms with Crippen LogP contribution in [0.5, 0.6) is 0 Å². The van der Waals surface area contributed by atoms with E-state index < -0.39 is 0 Å². The molecule has 0 saturated heterocycles. The number of hydrogen-bond acceptors (Lipinski definition) is 0. The largest absolute Gasteiger partial charge is 0.0622 e. The average Bonchev–Trinajstić information content (AvgIpc) is 2.83. The monoisotopic (exact) mass is 380 g/mol. The summed E-state index contributed by atoms with van der Waals surface area (Å²) in [7, 11) is 0. The van der Waals surface area contributed by atoms with E-state index in [9.17, 15) is 0 Å². The van der Waals surface area contributed by atoms with Crippen molar-refractivity contribution in [2.24, 2.45) is 0 Å². The van der Waals surface area contributed by atoms with Crippen molar-refractivity contribution in [1.29, 1.82) is 0 Å². The lowest BCUT2D eigenvalue weighted by Crippen LogP contribution is -1.90. The maximum Gasteiger partial charge on any atom is -0.00206 e. The Kier molecular flexibility index (Phi) is 3.89. The van der Waals surface area contributed by atoms with Gasteiger partial charge < -0.3 is 0 Å². The van der Waals surface area contributed by atoms with E-state index in [1.54, 1.807) is 0 Å². The van der Waals surface area contributed by atoms with Crippen molar-refractivity contribution in [3.8, 4) is 22.3 Å². The predicted octanol–water partition coefficient (Wildman–Crippen LogP) is 8.48. The standard InChI is InChI=1S/C30H20/c1-2-9-21(10-3-1)26-19-17-23-12-5-7-14-25(23)30(26)29-16-8-15-27-24-13-6-4-11-22(24)18-20-28(27)29/h1-20H. The van der Waals surface area contributed by atoms with Gasteiger partial charge in [0.15, 0.2) is 0 Å². The van der Waals surface area contributed by atoms with Crippen molar-refractivity contribution < 1.29 is 0 Å². The molecular weight excluding hydrogens is 360 g/mol. The molecule has 140 valence electrons. The quantitative estimate of drug-likeness (QED) is 0.264. The SMILES string of the molecule is c1ccc(-c2ccc3ccccc3c2-c2cccc3c2ccc2ccccc23)cc1. The van der Waals surface area contributed by atoms with Crippen molar-refractivity contribution in [2.75, 3.05) is 0 Å². The third kappa shape index (κ3) is 2.62. The van der Waals surface area contributed by atoms with Crippen molar-refractivity contribution in [3.63, 3.8) is 0 Å². The number of rotatable bonds is 2. The highest BCUT2D eigenvalue weighted by Crippen LogP contribution is 2.42. The van der Waals surface area contributed by atoms with E-state index in [0.717, 1.165) is 0 Å². The summed E-state index contributed by atoms with van der Waals surface area (Å²) in [6.07, 6.45) is 0. The van der Waals surface area contributed by atoms with Crippen molar-refractivity contribution in [3.05, 3.63) is 121 Å². The van der Waals surface area contributed by atoms with Crippen molar-refractivity contribution in [1.82, 2.24) is 0 Å². The van der Waals surface area contributed by atoms with Crippen LogP contribution in [-0.4, -0.2) is 0 Å². The zero-order valence-electron chi connectivity index (χ0n) is 16.5. The Hall–Kier alpha value is -3.90. The molecule has 0 aromatic heterocycles. The highest BCUT2D eigenvalue weighted by Gasteiger charge is 2.14. The molecule has 30 heavy (non-hydrogen) atoms. The van der Waals surface area contributed by atoms with Gasteiger partial charge in [-0.3, -0.25) is 0 Å². The third-order valence-corrected chi connectivity index (χ3v) is 6.07. The van der Waals surface area contributed by atoms with Crippen LogP contribution in [0, 0.1) is 0 Å². The van der Waals surface area contributed by atoms with Crippen LogP contribution >= 0.6 is 0 Å². The van der Waals surface area contributed by atoms with Gasteiger partial charge in [0, 0.05) is 0 Å². The van der Waals surface area contributed by atoms with E-state index in [4.69, 9.17) is 0 Å². The smallest absolute Gasteiger partial charge is 0.00206 e. The number of hydrogen-bond donors (Lipinski definition) is 0. The number of fused-ring (bicyclic) bond motifs is 4. The zero-order chi connectivity index (χ0) is 19.9. The minimum absolute atomic E-state index is 1.25. The summed E-state index contributed by atoms with van der Waals surface area (Å²) in [6, 6.07) is 43.8. The fourth-order valence-corrected chi connectivity index (χ4v) is 4.68. The maximum absolute atomic E-state index is 2.28. The minimum atomic E-state index is 1.25. The molecule has 0 spiro atoms. The second kappa shape index (κ2) is 6.86. The molecule has 0 N–H and O–H groups in total. The zero-order valence-corrected chi connectivity index (χ0v) is 16.5. The summed E-state index contributed by atoms with van der Waals surface area (Å²) >= 11 is 0. The van der Waals surface area contributed by atoms with Crippen LogP contribution in [0.3, 0.4) is 0 Å². The summed E-state index contributed by atoms with van der Waals surface area (Å²) in [5.74, 6) is 0. The fourth-order valence-electron chi connectivity index (χ4n) is 4.68.